The lowest BCUT2D eigenvalue weighted by atomic mass is 9.85. The Morgan fingerprint density at radius 2 is 1.88 bits per heavy atom. The van der Waals surface area contributed by atoms with E-state index >= 15 is 0 Å². The number of methoxy groups -OCH3 is 1. The lowest BCUT2D eigenvalue weighted by Crippen LogP contribution is -2.47. The van der Waals surface area contributed by atoms with Crippen LogP contribution >= 0.6 is 0 Å². The van der Waals surface area contributed by atoms with E-state index in [1.54, 1.807) is 18.9 Å². The van der Waals surface area contributed by atoms with Crippen LogP contribution in [0.3, 0.4) is 0 Å². The monoisotopic (exact) mass is 567 g/mol. The Bertz CT molecular complexity index is 885. The van der Waals surface area contributed by atoms with Crippen molar-refractivity contribution in [2.45, 2.75) is 123 Å². The normalized spacial score (nSPS) is 29.3. The number of aliphatic hydroxyl groups is 1. The Labute approximate surface area is 240 Å². The number of rotatable bonds is 13. The molecule has 0 spiro atoms. The summed E-state index contributed by atoms with van der Waals surface area (Å²) in [5.41, 5.74) is 0.522. The lowest BCUT2D eigenvalue weighted by molar-refractivity contribution is -0.151. The molecule has 230 valence electrons. The third-order valence-corrected chi connectivity index (χ3v) is 8.01. The van der Waals surface area contributed by atoms with Crippen LogP contribution in [0.25, 0.3) is 0 Å². The molecule has 9 nitrogen and oxygen atoms in total. The van der Waals surface area contributed by atoms with Crippen LogP contribution in [-0.2, 0) is 23.7 Å². The Hall–Kier alpha value is -1.94. The number of amides is 1. The first kappa shape index (κ1) is 34.3. The molecule has 0 aromatic carbocycles. The number of carbonyl (C=O) groups excluding carboxylic acids is 1. The molecular weight excluding hydrogens is 514 g/mol. The summed E-state index contributed by atoms with van der Waals surface area (Å²) < 4.78 is 23.8. The second-order valence-corrected chi connectivity index (χ2v) is 12.6. The summed E-state index contributed by atoms with van der Waals surface area (Å²) >= 11 is 0. The van der Waals surface area contributed by atoms with E-state index < -0.39 is 36.0 Å². The molecule has 2 rings (SSSR count). The van der Waals surface area contributed by atoms with Crippen LogP contribution in [-0.4, -0.2) is 89.6 Å². The zero-order chi connectivity index (χ0) is 30.2. The fourth-order valence-corrected chi connectivity index (χ4v) is 6.10. The number of nitrogens with zero attached hydrogens (tertiary/aromatic N) is 1. The predicted octanol–water partition coefficient (Wildman–Crippen LogP) is 5.21. The maximum atomic E-state index is 12.8. The molecule has 0 saturated carbocycles. The summed E-state index contributed by atoms with van der Waals surface area (Å²) in [5.74, 6) is -0.387. The van der Waals surface area contributed by atoms with E-state index in [9.17, 15) is 19.8 Å². The van der Waals surface area contributed by atoms with Crippen molar-refractivity contribution in [3.8, 4) is 0 Å². The first-order valence-corrected chi connectivity index (χ1v) is 14.7. The van der Waals surface area contributed by atoms with Crippen LogP contribution in [0.4, 0.5) is 4.79 Å². The van der Waals surface area contributed by atoms with Gasteiger partial charge in [0.05, 0.1) is 36.4 Å². The van der Waals surface area contributed by atoms with Crippen molar-refractivity contribution in [2.75, 3.05) is 20.2 Å². The standard InChI is InChI=1S/C31H53NO8/c1-19(17-31(7,8)40-24(6)29(37-9)23(5)33)11-10-12-21(3)28-22(4)26(15-25(38-28)16-27(34)35)39-30(36)32-14-13-20(2)18-32/h10-12,19-20,22-26,28-29,33H,13-18H2,1-9H3,(H,34,35)/b11-10+,21-12+/t19-,20?,22+,23-,24-,25-,26-,28-,29+/m1/s1. The van der Waals surface area contributed by atoms with E-state index in [-0.39, 0.29) is 36.6 Å². The van der Waals surface area contributed by atoms with Crippen LogP contribution in [0.1, 0.15) is 81.1 Å². The minimum atomic E-state index is -0.934. The number of carboxylic acid groups (broad SMARTS) is 1. The topological polar surface area (TPSA) is 115 Å². The number of hydrogen-bond donors (Lipinski definition) is 2. The molecule has 40 heavy (non-hydrogen) atoms. The number of allylic oxidation sites excluding steroid dienone is 3. The minimum absolute atomic E-state index is 0.118. The highest BCUT2D eigenvalue weighted by Crippen LogP contribution is 2.34. The Balaban J connectivity index is 2.04. The van der Waals surface area contributed by atoms with Gasteiger partial charge in [-0.05, 0) is 64.9 Å². The highest BCUT2D eigenvalue weighted by molar-refractivity contribution is 5.68. The molecule has 0 radical (unpaired) electrons. The van der Waals surface area contributed by atoms with Crippen LogP contribution in [0.5, 0.6) is 0 Å². The first-order chi connectivity index (χ1) is 18.6. The van der Waals surface area contributed by atoms with Gasteiger partial charge in [0.1, 0.15) is 12.2 Å². The van der Waals surface area contributed by atoms with E-state index in [0.717, 1.165) is 18.4 Å². The second-order valence-electron chi connectivity index (χ2n) is 12.6. The second kappa shape index (κ2) is 15.3. The number of aliphatic carboxylic acids is 1. The largest absolute Gasteiger partial charge is 0.481 e. The number of carboxylic acids is 1. The molecule has 0 aromatic rings. The van der Waals surface area contributed by atoms with Gasteiger partial charge in [0.2, 0.25) is 0 Å². The van der Waals surface area contributed by atoms with Gasteiger partial charge in [-0.2, -0.15) is 0 Å². The Morgan fingerprint density at radius 1 is 1.20 bits per heavy atom. The van der Waals surface area contributed by atoms with Gasteiger partial charge < -0.3 is 34.1 Å². The van der Waals surface area contributed by atoms with Gasteiger partial charge in [-0.3, -0.25) is 4.79 Å². The van der Waals surface area contributed by atoms with Gasteiger partial charge in [-0.25, -0.2) is 4.79 Å². The average Bonchev–Trinajstić information content (AvgIpc) is 3.26. The Morgan fingerprint density at radius 3 is 2.42 bits per heavy atom. The van der Waals surface area contributed by atoms with Gasteiger partial charge in [-0.15, -0.1) is 0 Å². The highest BCUT2D eigenvalue weighted by atomic mass is 16.6. The van der Waals surface area contributed by atoms with Crippen molar-refractivity contribution in [3.05, 3.63) is 23.8 Å². The summed E-state index contributed by atoms with van der Waals surface area (Å²) in [6.45, 7) is 17.3. The van der Waals surface area contributed by atoms with E-state index in [2.05, 4.69) is 19.9 Å². The summed E-state index contributed by atoms with van der Waals surface area (Å²) in [6.07, 6.45) is 5.12. The zero-order valence-electron chi connectivity index (χ0n) is 26.0. The van der Waals surface area contributed by atoms with E-state index in [1.807, 2.05) is 46.8 Å². The Kier molecular flexibility index (Phi) is 13.1. The molecule has 1 amide bonds. The van der Waals surface area contributed by atoms with Crippen molar-refractivity contribution in [2.24, 2.45) is 17.8 Å². The van der Waals surface area contributed by atoms with Crippen molar-refractivity contribution >= 4 is 12.1 Å². The molecule has 0 bridgehead atoms. The summed E-state index contributed by atoms with van der Waals surface area (Å²) in [5, 5.41) is 19.3. The van der Waals surface area contributed by atoms with Gasteiger partial charge in [0, 0.05) is 32.5 Å². The van der Waals surface area contributed by atoms with E-state index in [1.165, 1.54) is 0 Å². The number of hydrogen-bond acceptors (Lipinski definition) is 7. The van der Waals surface area contributed by atoms with Crippen LogP contribution in [0.2, 0.25) is 0 Å². The van der Waals surface area contributed by atoms with E-state index in [4.69, 9.17) is 18.9 Å². The van der Waals surface area contributed by atoms with Crippen LogP contribution in [0, 0.1) is 17.8 Å². The molecule has 2 fully saturated rings. The SMILES string of the molecule is CO[C@@H]([C@@H](C)O)[C@@H](C)OC(C)(C)C[C@H](C)/C=C/C=C(\C)[C@H]1O[C@@H](CC(=O)O)C[C@@H](OC(=O)N2CCC(C)C2)[C@@H]1C. The summed E-state index contributed by atoms with van der Waals surface area (Å²) in [4.78, 5) is 26.0. The third kappa shape index (κ3) is 10.5. The quantitative estimate of drug-likeness (QED) is 0.292. The van der Waals surface area contributed by atoms with Crippen LogP contribution < -0.4 is 0 Å². The van der Waals surface area contributed by atoms with Gasteiger partial charge in [0.15, 0.2) is 0 Å². The van der Waals surface area contributed by atoms with Crippen molar-refractivity contribution in [1.82, 2.24) is 4.90 Å². The molecule has 1 unspecified atom stereocenters. The first-order valence-electron chi connectivity index (χ1n) is 14.7. The average molecular weight is 568 g/mol. The summed E-state index contributed by atoms with van der Waals surface area (Å²) in [7, 11) is 1.57. The molecule has 9 atom stereocenters. The fourth-order valence-electron chi connectivity index (χ4n) is 6.10. The van der Waals surface area contributed by atoms with Crippen molar-refractivity contribution < 1.29 is 38.7 Å². The molecule has 2 saturated heterocycles. The predicted molar refractivity (Wildman–Crippen MR) is 154 cm³/mol. The minimum Gasteiger partial charge on any atom is -0.481 e. The van der Waals surface area contributed by atoms with Crippen LogP contribution in [0.15, 0.2) is 23.8 Å². The molecule has 2 heterocycles. The smallest absolute Gasteiger partial charge is 0.410 e. The molecule has 0 aliphatic carbocycles. The zero-order valence-corrected chi connectivity index (χ0v) is 26.0. The molecular formula is C31H53NO8. The number of ether oxygens (including phenoxy) is 4. The van der Waals surface area contributed by atoms with Crippen molar-refractivity contribution in [1.29, 1.82) is 0 Å². The number of likely N-dealkylation sites (tertiary alicyclic amines) is 1. The molecule has 0 aromatic heterocycles. The number of aliphatic hydroxyl groups excluding tert-OH is 1. The van der Waals surface area contributed by atoms with E-state index in [0.29, 0.717) is 25.4 Å². The molecule has 9 heteroatoms. The molecule has 2 aliphatic rings. The maximum absolute atomic E-state index is 12.8. The van der Waals surface area contributed by atoms with Gasteiger partial charge in [0.25, 0.3) is 0 Å². The van der Waals surface area contributed by atoms with Gasteiger partial charge >= 0.3 is 12.1 Å². The molecule has 2 N–H and O–H groups in total. The number of carbonyl (C=O) groups is 2. The maximum Gasteiger partial charge on any atom is 0.410 e. The third-order valence-electron chi connectivity index (χ3n) is 8.01. The van der Waals surface area contributed by atoms with Gasteiger partial charge in [-0.1, -0.05) is 39.0 Å². The lowest BCUT2D eigenvalue weighted by Gasteiger charge is -2.40. The fraction of sp³-hybridized carbons (Fsp3) is 0.806. The highest BCUT2D eigenvalue weighted by Gasteiger charge is 2.40. The molecule has 2 aliphatic heterocycles. The van der Waals surface area contributed by atoms with Crippen molar-refractivity contribution in [3.63, 3.8) is 0 Å². The summed E-state index contributed by atoms with van der Waals surface area (Å²) in [6, 6.07) is 0.